The molecule has 0 saturated heterocycles. The minimum atomic E-state index is -0.566. The SMILES string of the molecule is C=C/C=C(\C=C/C)n1c2ccccc2c2cc(-c3ccc4c(c3)c3cc5c(cc3n4-c3ccc4c(c3)c3ccccc3n4-c3ccccc3)C3(C(C=C)=C(C=C)c4ccccc43)c3ccccc3-5)ccc21. The number of hydrogen-bond donors (Lipinski definition) is 0. The van der Waals surface area contributed by atoms with Crippen LogP contribution in [0.4, 0.5) is 0 Å². The van der Waals surface area contributed by atoms with E-state index in [4.69, 9.17) is 0 Å². The Morgan fingerprint density at radius 2 is 0.972 bits per heavy atom. The number of hydrogen-bond acceptors (Lipinski definition) is 0. The maximum atomic E-state index is 4.51. The molecule has 3 nitrogen and oxygen atoms in total. The average Bonchev–Trinajstić information content (AvgIpc) is 4.19. The molecular formula is C68H47N3. The van der Waals surface area contributed by atoms with Gasteiger partial charge in [0.1, 0.15) is 0 Å². The van der Waals surface area contributed by atoms with Gasteiger partial charge in [0, 0.05) is 49.4 Å². The Bertz CT molecular complexity index is 4400. The molecule has 2 aliphatic rings. The Morgan fingerprint density at radius 3 is 1.69 bits per heavy atom. The zero-order valence-electron chi connectivity index (χ0n) is 39.4. The molecule has 0 radical (unpaired) electrons. The van der Waals surface area contributed by atoms with Crippen molar-refractivity contribution in [3.63, 3.8) is 0 Å². The average molecular weight is 906 g/mol. The van der Waals surface area contributed by atoms with E-state index in [0.29, 0.717) is 0 Å². The highest BCUT2D eigenvalue weighted by molar-refractivity contribution is 6.16. The number of para-hydroxylation sites is 3. The molecular weight excluding hydrogens is 859 g/mol. The predicted octanol–water partition coefficient (Wildman–Crippen LogP) is 17.7. The largest absolute Gasteiger partial charge is 0.309 e. The number of rotatable bonds is 8. The van der Waals surface area contributed by atoms with Gasteiger partial charge in [0.2, 0.25) is 0 Å². The molecule has 0 aliphatic heterocycles. The van der Waals surface area contributed by atoms with Gasteiger partial charge in [-0.2, -0.15) is 0 Å². The first-order chi connectivity index (χ1) is 35.1. The van der Waals surface area contributed by atoms with Crippen molar-refractivity contribution < 1.29 is 0 Å². The van der Waals surface area contributed by atoms with Crippen LogP contribution in [0.1, 0.15) is 29.2 Å². The maximum Gasteiger partial charge on any atom is 0.0726 e. The Labute approximate surface area is 412 Å². The van der Waals surface area contributed by atoms with E-state index in [0.717, 1.165) is 39.2 Å². The van der Waals surface area contributed by atoms with Gasteiger partial charge in [-0.3, -0.25) is 0 Å². The van der Waals surface area contributed by atoms with Gasteiger partial charge in [0.25, 0.3) is 0 Å². The van der Waals surface area contributed by atoms with Gasteiger partial charge in [0.15, 0.2) is 0 Å². The van der Waals surface area contributed by atoms with Crippen molar-refractivity contribution in [1.82, 2.24) is 13.7 Å². The summed E-state index contributed by atoms with van der Waals surface area (Å²) in [4.78, 5) is 0. The first-order valence-corrected chi connectivity index (χ1v) is 24.5. The lowest BCUT2D eigenvalue weighted by molar-refractivity contribution is 0.787. The number of benzene rings is 9. The maximum absolute atomic E-state index is 4.51. The van der Waals surface area contributed by atoms with Crippen molar-refractivity contribution in [3.8, 4) is 33.6 Å². The monoisotopic (exact) mass is 905 g/mol. The molecule has 12 aromatic rings. The predicted molar refractivity (Wildman–Crippen MR) is 302 cm³/mol. The summed E-state index contributed by atoms with van der Waals surface area (Å²) in [5.74, 6) is 0. The minimum absolute atomic E-state index is 0.566. The molecule has 71 heavy (non-hydrogen) atoms. The van der Waals surface area contributed by atoms with E-state index in [1.54, 1.807) is 0 Å². The summed E-state index contributed by atoms with van der Waals surface area (Å²) >= 11 is 0. The molecule has 1 spiro atoms. The van der Waals surface area contributed by atoms with E-state index < -0.39 is 5.41 Å². The van der Waals surface area contributed by atoms with Crippen molar-refractivity contribution in [3.05, 3.63) is 278 Å². The van der Waals surface area contributed by atoms with Crippen LogP contribution in [0.5, 0.6) is 0 Å². The van der Waals surface area contributed by atoms with Crippen LogP contribution in [-0.2, 0) is 5.41 Å². The van der Waals surface area contributed by atoms with Gasteiger partial charge >= 0.3 is 0 Å². The van der Waals surface area contributed by atoms with E-state index in [2.05, 4.69) is 259 Å². The summed E-state index contributed by atoms with van der Waals surface area (Å²) in [6.45, 7) is 15.0. The van der Waals surface area contributed by atoms with E-state index >= 15 is 0 Å². The summed E-state index contributed by atoms with van der Waals surface area (Å²) < 4.78 is 7.25. The minimum Gasteiger partial charge on any atom is -0.309 e. The summed E-state index contributed by atoms with van der Waals surface area (Å²) in [5, 5.41) is 7.28. The molecule has 3 heterocycles. The third-order valence-corrected chi connectivity index (χ3v) is 15.5. The molecule has 3 aromatic heterocycles. The third-order valence-electron chi connectivity index (χ3n) is 15.5. The van der Waals surface area contributed by atoms with Crippen LogP contribution in [0.15, 0.2) is 256 Å². The molecule has 0 amide bonds. The Hall–Kier alpha value is -9.18. The smallest absolute Gasteiger partial charge is 0.0726 e. The summed E-state index contributed by atoms with van der Waals surface area (Å²) in [5.41, 5.74) is 21.9. The van der Waals surface area contributed by atoms with E-state index in [1.165, 1.54) is 98.9 Å². The van der Waals surface area contributed by atoms with Gasteiger partial charge in [-0.1, -0.05) is 159 Å². The van der Waals surface area contributed by atoms with E-state index in [9.17, 15) is 0 Å². The molecule has 1 unspecified atom stereocenters. The van der Waals surface area contributed by atoms with Crippen LogP contribution >= 0.6 is 0 Å². The standard InChI is InChI=1S/C68H47N3/c1-5-20-45(21-6-2)69-62-30-18-14-26-51(62)54-38-43(32-35-64(54)69)44-33-36-65-55(39-44)57-41-53-50-25-13-17-29-60(50)68(58(8-4)48(7-3)49-24-12-16-28-59(49)68)61(53)42-67(57)71(65)47-34-37-66-56(40-47)52-27-15-19-31-63(52)70(66)46-22-10-9-11-23-46/h5-42H,1,3-4H2,2H3/b21-6-,45-20+. The lowest BCUT2D eigenvalue weighted by atomic mass is 9.69. The highest BCUT2D eigenvalue weighted by atomic mass is 15.0. The highest BCUT2D eigenvalue weighted by Gasteiger charge is 2.52. The fraction of sp³-hybridized carbons (Fsp3) is 0.0294. The van der Waals surface area contributed by atoms with Crippen molar-refractivity contribution in [2.75, 3.05) is 0 Å². The Kier molecular flexibility index (Phi) is 8.87. The highest BCUT2D eigenvalue weighted by Crippen LogP contribution is 2.63. The van der Waals surface area contributed by atoms with Crippen molar-refractivity contribution in [2.24, 2.45) is 0 Å². The topological polar surface area (TPSA) is 14.8 Å². The lowest BCUT2D eigenvalue weighted by Crippen LogP contribution is -2.26. The van der Waals surface area contributed by atoms with Gasteiger partial charge in [0.05, 0.1) is 38.5 Å². The lowest BCUT2D eigenvalue weighted by Gasteiger charge is -2.31. The van der Waals surface area contributed by atoms with E-state index in [-0.39, 0.29) is 0 Å². The molecule has 9 aromatic carbocycles. The van der Waals surface area contributed by atoms with Gasteiger partial charge in [-0.25, -0.2) is 0 Å². The zero-order chi connectivity index (χ0) is 47.5. The molecule has 3 heteroatoms. The van der Waals surface area contributed by atoms with Crippen molar-refractivity contribution >= 4 is 76.7 Å². The summed E-state index contributed by atoms with van der Waals surface area (Å²) in [7, 11) is 0. The van der Waals surface area contributed by atoms with Crippen LogP contribution in [0.2, 0.25) is 0 Å². The second kappa shape index (κ2) is 15.4. The first kappa shape index (κ1) is 40.8. The molecule has 14 rings (SSSR count). The quantitative estimate of drug-likeness (QED) is 0.135. The molecule has 0 saturated carbocycles. The van der Waals surface area contributed by atoms with Gasteiger partial charge in [-0.05, 0) is 154 Å². The normalized spacial score (nSPS) is 15.3. The van der Waals surface area contributed by atoms with Crippen LogP contribution in [-0.4, -0.2) is 13.7 Å². The molecule has 0 N–H and O–H groups in total. The number of aromatic nitrogens is 3. The molecule has 0 bridgehead atoms. The molecule has 334 valence electrons. The number of fused-ring (bicyclic) bond motifs is 16. The van der Waals surface area contributed by atoms with Crippen LogP contribution in [0, 0.1) is 0 Å². The fourth-order valence-corrected chi connectivity index (χ4v) is 12.7. The van der Waals surface area contributed by atoms with Crippen molar-refractivity contribution in [1.29, 1.82) is 0 Å². The van der Waals surface area contributed by atoms with E-state index in [1.807, 2.05) is 12.2 Å². The molecule has 0 fully saturated rings. The fourth-order valence-electron chi connectivity index (χ4n) is 12.7. The van der Waals surface area contributed by atoms with Crippen LogP contribution in [0.3, 0.4) is 0 Å². The second-order valence-corrected chi connectivity index (χ2v) is 18.9. The summed E-state index contributed by atoms with van der Waals surface area (Å²) in [6.07, 6.45) is 12.3. The number of nitrogens with zero attached hydrogens (tertiary/aromatic N) is 3. The zero-order valence-corrected chi connectivity index (χ0v) is 39.4. The Balaban J connectivity index is 1.06. The molecule has 2 aliphatic carbocycles. The summed E-state index contributed by atoms with van der Waals surface area (Å²) in [6, 6.07) is 72.2. The third kappa shape index (κ3) is 5.49. The molecule has 1 atom stereocenters. The van der Waals surface area contributed by atoms with Gasteiger partial charge < -0.3 is 13.7 Å². The van der Waals surface area contributed by atoms with Gasteiger partial charge in [-0.15, -0.1) is 0 Å². The second-order valence-electron chi connectivity index (χ2n) is 18.9. The van der Waals surface area contributed by atoms with Crippen molar-refractivity contribution in [2.45, 2.75) is 12.3 Å². The Morgan fingerprint density at radius 1 is 0.423 bits per heavy atom. The first-order valence-electron chi connectivity index (χ1n) is 24.5. The van der Waals surface area contributed by atoms with Crippen LogP contribution < -0.4 is 0 Å². The number of allylic oxidation sites excluding steroid dienone is 9. The van der Waals surface area contributed by atoms with Crippen LogP contribution in [0.25, 0.3) is 110 Å².